The van der Waals surface area contributed by atoms with Gasteiger partial charge in [-0.1, -0.05) is 18.2 Å². The number of carbonyl (C=O) groups is 2. The number of nitrogens with zero attached hydrogens (tertiary/aromatic N) is 2. The van der Waals surface area contributed by atoms with Crippen LogP contribution in [0.1, 0.15) is 49.9 Å². The molecule has 0 radical (unpaired) electrons. The van der Waals surface area contributed by atoms with Gasteiger partial charge in [0.05, 0.1) is 17.6 Å². The average molecular weight is 344 g/mol. The number of amides is 2. The van der Waals surface area contributed by atoms with E-state index in [0.29, 0.717) is 25.2 Å². The first-order chi connectivity index (χ1) is 11.9. The van der Waals surface area contributed by atoms with Gasteiger partial charge in [-0.2, -0.15) is 0 Å². The number of piperidine rings is 1. The van der Waals surface area contributed by atoms with E-state index in [1.807, 2.05) is 35.2 Å². The van der Waals surface area contributed by atoms with Crippen LogP contribution in [0.3, 0.4) is 0 Å². The molecule has 0 bridgehead atoms. The second kappa shape index (κ2) is 7.16. The number of benzene rings is 1. The van der Waals surface area contributed by atoms with Crippen LogP contribution in [-0.4, -0.2) is 58.0 Å². The lowest BCUT2D eigenvalue weighted by Crippen LogP contribution is -2.52. The van der Waals surface area contributed by atoms with Crippen molar-refractivity contribution in [2.24, 2.45) is 5.92 Å². The second-order valence-corrected chi connectivity index (χ2v) is 7.80. The standard InChI is InChI=1S/C20H28N2O3/c1-20(2,25)17-11-7-13-22(17)19(24)16-10-6-12-21(14-16)18(23)15-8-4-3-5-9-15/h3-5,8-9,16-17,25H,6-7,10-14H2,1-2H3. The quantitative estimate of drug-likeness (QED) is 0.915. The molecular weight excluding hydrogens is 316 g/mol. The highest BCUT2D eigenvalue weighted by Gasteiger charge is 2.41. The van der Waals surface area contributed by atoms with Crippen LogP contribution in [0.25, 0.3) is 0 Å². The zero-order valence-electron chi connectivity index (χ0n) is 15.1. The molecule has 25 heavy (non-hydrogen) atoms. The summed E-state index contributed by atoms with van der Waals surface area (Å²) in [7, 11) is 0. The normalized spacial score (nSPS) is 24.4. The number of hydrogen-bond donors (Lipinski definition) is 1. The van der Waals surface area contributed by atoms with Crippen molar-refractivity contribution in [1.29, 1.82) is 0 Å². The average Bonchev–Trinajstić information content (AvgIpc) is 3.11. The van der Waals surface area contributed by atoms with Crippen LogP contribution < -0.4 is 0 Å². The molecule has 0 saturated carbocycles. The zero-order chi connectivity index (χ0) is 18.0. The minimum Gasteiger partial charge on any atom is -0.388 e. The fraction of sp³-hybridized carbons (Fsp3) is 0.600. The molecule has 1 aromatic carbocycles. The van der Waals surface area contributed by atoms with Gasteiger partial charge in [0, 0.05) is 25.2 Å². The molecule has 2 fully saturated rings. The van der Waals surface area contributed by atoms with Crippen LogP contribution in [0.5, 0.6) is 0 Å². The van der Waals surface area contributed by atoms with E-state index < -0.39 is 5.60 Å². The molecule has 2 atom stereocenters. The summed E-state index contributed by atoms with van der Waals surface area (Å²) in [4.78, 5) is 29.4. The maximum atomic E-state index is 13.0. The van der Waals surface area contributed by atoms with Crippen LogP contribution in [0.15, 0.2) is 30.3 Å². The van der Waals surface area contributed by atoms with Gasteiger partial charge < -0.3 is 14.9 Å². The molecule has 5 nitrogen and oxygen atoms in total. The molecule has 0 aliphatic carbocycles. The first kappa shape index (κ1) is 17.9. The van der Waals surface area contributed by atoms with Gasteiger partial charge in [0.2, 0.25) is 5.91 Å². The van der Waals surface area contributed by atoms with Gasteiger partial charge in [0.25, 0.3) is 5.91 Å². The number of rotatable bonds is 3. The molecule has 2 aliphatic heterocycles. The zero-order valence-corrected chi connectivity index (χ0v) is 15.1. The molecule has 5 heteroatoms. The third-order valence-electron chi connectivity index (χ3n) is 5.43. The first-order valence-corrected chi connectivity index (χ1v) is 9.25. The van der Waals surface area contributed by atoms with Gasteiger partial charge in [-0.15, -0.1) is 0 Å². The Morgan fingerprint density at radius 3 is 2.44 bits per heavy atom. The monoisotopic (exact) mass is 344 g/mol. The smallest absolute Gasteiger partial charge is 0.253 e. The van der Waals surface area contributed by atoms with Gasteiger partial charge >= 0.3 is 0 Å². The van der Waals surface area contributed by atoms with Crippen molar-refractivity contribution in [1.82, 2.24) is 9.80 Å². The fourth-order valence-corrected chi connectivity index (χ4v) is 4.13. The molecule has 136 valence electrons. The lowest BCUT2D eigenvalue weighted by Gasteiger charge is -2.38. The van der Waals surface area contributed by atoms with E-state index in [2.05, 4.69) is 0 Å². The molecule has 2 saturated heterocycles. The predicted octanol–water partition coefficient (Wildman–Crippen LogP) is 2.30. The van der Waals surface area contributed by atoms with E-state index in [1.165, 1.54) is 0 Å². The Labute approximate surface area is 149 Å². The number of carbonyl (C=O) groups excluding carboxylic acids is 2. The van der Waals surface area contributed by atoms with Crippen molar-refractivity contribution in [3.63, 3.8) is 0 Å². The van der Waals surface area contributed by atoms with Gasteiger partial charge in [-0.3, -0.25) is 9.59 Å². The lowest BCUT2D eigenvalue weighted by molar-refractivity contribution is -0.142. The highest BCUT2D eigenvalue weighted by Crippen LogP contribution is 2.30. The highest BCUT2D eigenvalue weighted by molar-refractivity contribution is 5.94. The van der Waals surface area contributed by atoms with E-state index in [-0.39, 0.29) is 23.8 Å². The molecule has 2 aliphatic rings. The summed E-state index contributed by atoms with van der Waals surface area (Å²) in [6.45, 7) is 5.43. The first-order valence-electron chi connectivity index (χ1n) is 9.25. The van der Waals surface area contributed by atoms with Crippen molar-refractivity contribution >= 4 is 11.8 Å². The van der Waals surface area contributed by atoms with E-state index in [4.69, 9.17) is 0 Å². The SMILES string of the molecule is CC(C)(O)C1CCCN1C(=O)C1CCCN(C(=O)c2ccccc2)C1. The van der Waals surface area contributed by atoms with Crippen LogP contribution in [0, 0.1) is 5.92 Å². The Bertz CT molecular complexity index is 624. The van der Waals surface area contributed by atoms with E-state index in [0.717, 1.165) is 25.7 Å². The Kier molecular flexibility index (Phi) is 5.13. The Balaban J connectivity index is 1.69. The Hall–Kier alpha value is -1.88. The van der Waals surface area contributed by atoms with Gasteiger partial charge in [-0.05, 0) is 51.7 Å². The van der Waals surface area contributed by atoms with Gasteiger partial charge in [0.1, 0.15) is 0 Å². The molecule has 2 unspecified atom stereocenters. The summed E-state index contributed by atoms with van der Waals surface area (Å²) in [5.74, 6) is -0.0712. The number of aliphatic hydroxyl groups is 1. The number of likely N-dealkylation sites (tertiary alicyclic amines) is 2. The maximum absolute atomic E-state index is 13.0. The van der Waals surface area contributed by atoms with E-state index >= 15 is 0 Å². The minimum absolute atomic E-state index is 0.00133. The largest absolute Gasteiger partial charge is 0.388 e. The molecule has 2 amide bonds. The summed E-state index contributed by atoms with van der Waals surface area (Å²) in [6, 6.07) is 9.12. The lowest BCUT2D eigenvalue weighted by atomic mass is 9.92. The number of hydrogen-bond acceptors (Lipinski definition) is 3. The summed E-state index contributed by atoms with van der Waals surface area (Å²) >= 11 is 0. The van der Waals surface area contributed by atoms with Crippen LogP contribution >= 0.6 is 0 Å². The third-order valence-corrected chi connectivity index (χ3v) is 5.43. The second-order valence-electron chi connectivity index (χ2n) is 7.80. The van der Waals surface area contributed by atoms with Crippen LogP contribution in [-0.2, 0) is 4.79 Å². The summed E-state index contributed by atoms with van der Waals surface area (Å²) in [5, 5.41) is 10.4. The van der Waals surface area contributed by atoms with Crippen molar-refractivity contribution in [3.8, 4) is 0 Å². The van der Waals surface area contributed by atoms with Crippen molar-refractivity contribution in [2.75, 3.05) is 19.6 Å². The van der Waals surface area contributed by atoms with Crippen LogP contribution in [0.4, 0.5) is 0 Å². The van der Waals surface area contributed by atoms with E-state index in [1.54, 1.807) is 18.7 Å². The molecule has 0 aromatic heterocycles. The fourth-order valence-electron chi connectivity index (χ4n) is 4.13. The van der Waals surface area contributed by atoms with Crippen LogP contribution in [0.2, 0.25) is 0 Å². The topological polar surface area (TPSA) is 60.9 Å². The van der Waals surface area contributed by atoms with Crippen molar-refractivity contribution < 1.29 is 14.7 Å². The maximum Gasteiger partial charge on any atom is 0.253 e. The molecule has 0 spiro atoms. The molecule has 3 rings (SSSR count). The summed E-state index contributed by atoms with van der Waals surface area (Å²) < 4.78 is 0. The minimum atomic E-state index is -0.889. The van der Waals surface area contributed by atoms with Crippen molar-refractivity contribution in [2.45, 2.75) is 51.2 Å². The van der Waals surface area contributed by atoms with Crippen molar-refractivity contribution in [3.05, 3.63) is 35.9 Å². The predicted molar refractivity (Wildman–Crippen MR) is 96.1 cm³/mol. The molecule has 1 aromatic rings. The molecule has 1 N–H and O–H groups in total. The third kappa shape index (κ3) is 3.87. The molecular formula is C20H28N2O3. The summed E-state index contributed by atoms with van der Waals surface area (Å²) in [5.41, 5.74) is -0.216. The highest BCUT2D eigenvalue weighted by atomic mass is 16.3. The van der Waals surface area contributed by atoms with Gasteiger partial charge in [-0.25, -0.2) is 0 Å². The summed E-state index contributed by atoms with van der Waals surface area (Å²) in [6.07, 6.45) is 3.43. The molecule has 2 heterocycles. The van der Waals surface area contributed by atoms with Gasteiger partial charge in [0.15, 0.2) is 0 Å². The Morgan fingerprint density at radius 2 is 1.76 bits per heavy atom. The Morgan fingerprint density at radius 1 is 1.08 bits per heavy atom. The van der Waals surface area contributed by atoms with E-state index in [9.17, 15) is 14.7 Å².